The van der Waals surface area contributed by atoms with E-state index in [2.05, 4.69) is 54.1 Å². The highest BCUT2D eigenvalue weighted by atomic mass is 32.2. The molecule has 1 fully saturated rings. The molecule has 6 heteroatoms. The maximum atomic E-state index is 12.8. The van der Waals surface area contributed by atoms with Crippen LogP contribution in [-0.2, 0) is 11.2 Å². The topological polar surface area (TPSA) is 46.1 Å². The Kier molecular flexibility index (Phi) is 6.20. The molecule has 0 radical (unpaired) electrons. The van der Waals surface area contributed by atoms with E-state index in [1.807, 2.05) is 11.8 Å². The van der Waals surface area contributed by atoms with E-state index in [0.717, 1.165) is 53.4 Å². The predicted octanol–water partition coefficient (Wildman–Crippen LogP) is 5.19. The summed E-state index contributed by atoms with van der Waals surface area (Å²) in [5.74, 6) is 2.12. The van der Waals surface area contributed by atoms with Gasteiger partial charge in [0.05, 0.1) is 5.75 Å². The molecule has 0 spiro atoms. The fourth-order valence-electron chi connectivity index (χ4n) is 3.97. The van der Waals surface area contributed by atoms with Gasteiger partial charge in [-0.05, 0) is 57.1 Å². The average molecular weight is 426 g/mol. The summed E-state index contributed by atoms with van der Waals surface area (Å²) in [5.41, 5.74) is 2.64. The van der Waals surface area contributed by atoms with Crippen molar-refractivity contribution in [2.75, 3.05) is 18.8 Å². The number of hydrogen-bond acceptors (Lipinski definition) is 5. The minimum atomic E-state index is 0.224. The van der Waals surface area contributed by atoms with Crippen molar-refractivity contribution in [1.29, 1.82) is 0 Å². The summed E-state index contributed by atoms with van der Waals surface area (Å²) in [5, 5.41) is 2.07. The third-order valence-electron chi connectivity index (χ3n) is 5.77. The molecule has 1 saturated heterocycles. The van der Waals surface area contributed by atoms with Crippen molar-refractivity contribution in [3.63, 3.8) is 0 Å². The zero-order valence-electron chi connectivity index (χ0n) is 17.3. The molecule has 1 amide bonds. The molecule has 152 valence electrons. The first-order chi connectivity index (χ1) is 14.0. The van der Waals surface area contributed by atoms with Crippen LogP contribution in [0.25, 0.3) is 10.2 Å². The monoisotopic (exact) mass is 425 g/mol. The van der Waals surface area contributed by atoms with Gasteiger partial charge in [-0.3, -0.25) is 4.79 Å². The number of aromatic nitrogens is 2. The van der Waals surface area contributed by atoms with E-state index < -0.39 is 0 Å². The number of thiophene rings is 1. The lowest BCUT2D eigenvalue weighted by Gasteiger charge is -2.32. The number of benzene rings is 1. The Hall–Kier alpha value is -1.92. The molecule has 0 saturated carbocycles. The smallest absolute Gasteiger partial charge is 0.232 e. The molecule has 0 atom stereocenters. The van der Waals surface area contributed by atoms with Crippen LogP contribution in [-0.4, -0.2) is 39.6 Å². The quantitative estimate of drug-likeness (QED) is 0.417. The molecule has 4 rings (SSSR count). The number of thioether (sulfide) groups is 1. The normalized spacial score (nSPS) is 15.2. The van der Waals surface area contributed by atoms with Gasteiger partial charge < -0.3 is 4.90 Å². The van der Waals surface area contributed by atoms with Gasteiger partial charge in [0.15, 0.2) is 0 Å². The molecule has 29 heavy (non-hydrogen) atoms. The number of rotatable bonds is 5. The van der Waals surface area contributed by atoms with E-state index in [0.29, 0.717) is 11.7 Å². The second kappa shape index (κ2) is 8.84. The third kappa shape index (κ3) is 4.64. The fourth-order valence-corrected chi connectivity index (χ4v) is 6.15. The molecule has 3 aromatic rings. The molecule has 2 aromatic heterocycles. The van der Waals surface area contributed by atoms with E-state index in [1.165, 1.54) is 16.0 Å². The van der Waals surface area contributed by atoms with Gasteiger partial charge in [-0.2, -0.15) is 0 Å². The number of carbonyl (C=O) groups is 1. The SMILES string of the molecule is Cc1nc(SCC(=O)N2CCC(Cc3ccccc3)CC2)c2c(C)c(C)sc2n1. The van der Waals surface area contributed by atoms with Gasteiger partial charge in [-0.15, -0.1) is 11.3 Å². The van der Waals surface area contributed by atoms with Crippen molar-refractivity contribution >= 4 is 39.2 Å². The fraction of sp³-hybridized carbons (Fsp3) is 0.435. The minimum absolute atomic E-state index is 0.224. The second-order valence-electron chi connectivity index (χ2n) is 7.84. The molecule has 1 aliphatic heterocycles. The molecule has 0 N–H and O–H groups in total. The molecule has 0 aliphatic carbocycles. The van der Waals surface area contributed by atoms with Gasteiger partial charge in [0.1, 0.15) is 15.7 Å². The number of aryl methyl sites for hydroxylation is 3. The lowest BCUT2D eigenvalue weighted by molar-refractivity contribution is -0.129. The molecule has 0 unspecified atom stereocenters. The van der Waals surface area contributed by atoms with E-state index in [-0.39, 0.29) is 5.91 Å². The number of piperidine rings is 1. The van der Waals surface area contributed by atoms with Crippen LogP contribution in [0.1, 0.15) is 34.7 Å². The van der Waals surface area contributed by atoms with Gasteiger partial charge in [0, 0.05) is 23.4 Å². The summed E-state index contributed by atoms with van der Waals surface area (Å²) < 4.78 is 0. The first-order valence-corrected chi connectivity index (χ1v) is 12.0. The summed E-state index contributed by atoms with van der Waals surface area (Å²) >= 11 is 3.27. The number of carbonyl (C=O) groups excluding carboxylic acids is 1. The molecule has 4 nitrogen and oxygen atoms in total. The van der Waals surface area contributed by atoms with E-state index in [1.54, 1.807) is 23.1 Å². The van der Waals surface area contributed by atoms with Crippen LogP contribution in [0.5, 0.6) is 0 Å². The summed E-state index contributed by atoms with van der Waals surface area (Å²) in [6.07, 6.45) is 3.29. The Morgan fingerprint density at radius 1 is 1.14 bits per heavy atom. The zero-order valence-corrected chi connectivity index (χ0v) is 18.9. The summed E-state index contributed by atoms with van der Waals surface area (Å²) in [7, 11) is 0. The van der Waals surface area contributed by atoms with Crippen molar-refractivity contribution < 1.29 is 4.79 Å². The number of fused-ring (bicyclic) bond motifs is 1. The maximum Gasteiger partial charge on any atom is 0.232 e. The van der Waals surface area contributed by atoms with Crippen molar-refractivity contribution in [2.45, 2.75) is 45.1 Å². The van der Waals surface area contributed by atoms with Crippen LogP contribution in [0.3, 0.4) is 0 Å². The first-order valence-electron chi connectivity index (χ1n) is 10.2. The van der Waals surface area contributed by atoms with Gasteiger partial charge in [-0.1, -0.05) is 42.1 Å². The van der Waals surface area contributed by atoms with Crippen molar-refractivity contribution in [2.24, 2.45) is 5.92 Å². The average Bonchev–Trinajstić information content (AvgIpc) is 3.00. The highest BCUT2D eigenvalue weighted by Crippen LogP contribution is 2.35. The molecule has 1 aliphatic rings. The second-order valence-corrected chi connectivity index (χ2v) is 10.0. The van der Waals surface area contributed by atoms with Crippen molar-refractivity contribution in [3.8, 4) is 0 Å². The third-order valence-corrected chi connectivity index (χ3v) is 7.84. The van der Waals surface area contributed by atoms with E-state index in [4.69, 9.17) is 0 Å². The number of likely N-dealkylation sites (tertiary alicyclic amines) is 1. The Balaban J connectivity index is 1.35. The minimum Gasteiger partial charge on any atom is -0.342 e. The van der Waals surface area contributed by atoms with Crippen LogP contribution in [0.15, 0.2) is 35.4 Å². The van der Waals surface area contributed by atoms with Gasteiger partial charge in [0.25, 0.3) is 0 Å². The zero-order chi connectivity index (χ0) is 20.4. The molecule has 0 bridgehead atoms. The van der Waals surface area contributed by atoms with E-state index >= 15 is 0 Å². The van der Waals surface area contributed by atoms with Crippen LogP contribution >= 0.6 is 23.1 Å². The Morgan fingerprint density at radius 3 is 2.59 bits per heavy atom. The number of hydrogen-bond donors (Lipinski definition) is 0. The Morgan fingerprint density at radius 2 is 1.86 bits per heavy atom. The van der Waals surface area contributed by atoms with Crippen molar-refractivity contribution in [3.05, 3.63) is 52.2 Å². The van der Waals surface area contributed by atoms with Crippen molar-refractivity contribution in [1.82, 2.24) is 14.9 Å². The number of amides is 1. The van der Waals surface area contributed by atoms with Crippen LogP contribution in [0, 0.1) is 26.7 Å². The van der Waals surface area contributed by atoms with Gasteiger partial charge in [0.2, 0.25) is 5.91 Å². The molecule has 3 heterocycles. The first kappa shape index (κ1) is 20.4. The van der Waals surface area contributed by atoms with E-state index in [9.17, 15) is 4.79 Å². The summed E-state index contributed by atoms with van der Waals surface area (Å²) in [6.45, 7) is 7.90. The largest absolute Gasteiger partial charge is 0.342 e. The summed E-state index contributed by atoms with van der Waals surface area (Å²) in [6, 6.07) is 10.7. The van der Waals surface area contributed by atoms with Crippen LogP contribution in [0.2, 0.25) is 0 Å². The Bertz CT molecular complexity index is 1010. The predicted molar refractivity (Wildman–Crippen MR) is 122 cm³/mol. The van der Waals surface area contributed by atoms with Crippen LogP contribution in [0.4, 0.5) is 0 Å². The number of nitrogens with zero attached hydrogens (tertiary/aromatic N) is 3. The molecule has 1 aromatic carbocycles. The standard InChI is InChI=1S/C23H27N3OS2/c1-15-16(2)29-23-21(15)22(24-17(3)25-23)28-14-20(27)26-11-9-19(10-12-26)13-18-7-5-4-6-8-18/h4-8,19H,9-14H2,1-3H3. The highest BCUT2D eigenvalue weighted by molar-refractivity contribution is 8.00. The Labute approximate surface area is 180 Å². The molecular weight excluding hydrogens is 398 g/mol. The summed E-state index contributed by atoms with van der Waals surface area (Å²) in [4.78, 5) is 26.4. The van der Waals surface area contributed by atoms with Gasteiger partial charge >= 0.3 is 0 Å². The van der Waals surface area contributed by atoms with Gasteiger partial charge in [-0.25, -0.2) is 9.97 Å². The molecular formula is C23H27N3OS2. The lowest BCUT2D eigenvalue weighted by Crippen LogP contribution is -2.39. The highest BCUT2D eigenvalue weighted by Gasteiger charge is 2.23. The maximum absolute atomic E-state index is 12.8. The van der Waals surface area contributed by atoms with Crippen LogP contribution < -0.4 is 0 Å². The lowest BCUT2D eigenvalue weighted by atomic mass is 9.90.